The number of methoxy groups -OCH3 is 1. The van der Waals surface area contributed by atoms with Crippen molar-refractivity contribution in [1.82, 2.24) is 9.80 Å². The molecule has 0 radical (unpaired) electrons. The molecular weight excluding hydrogens is 366 g/mol. The quantitative estimate of drug-likeness (QED) is 0.397. The van der Waals surface area contributed by atoms with Crippen LogP contribution in [0.15, 0.2) is 4.99 Å². The van der Waals surface area contributed by atoms with E-state index >= 15 is 0 Å². The van der Waals surface area contributed by atoms with Crippen LogP contribution in [0, 0.1) is 5.92 Å². The topological polar surface area (TPSA) is 54.4 Å². The Balaban J connectivity index is 1.79. The highest BCUT2D eigenvalue weighted by atomic mass is 16.6. The fourth-order valence-corrected chi connectivity index (χ4v) is 4.69. The number of amides is 1. The summed E-state index contributed by atoms with van der Waals surface area (Å²) in [5.74, 6) is 0.662. The van der Waals surface area contributed by atoms with Gasteiger partial charge in [0.25, 0.3) is 0 Å². The van der Waals surface area contributed by atoms with Crippen molar-refractivity contribution in [3.8, 4) is 0 Å². The second kappa shape index (κ2) is 14.0. The van der Waals surface area contributed by atoms with E-state index in [1.165, 1.54) is 44.5 Å². The largest absolute Gasteiger partial charge is 0.450 e. The van der Waals surface area contributed by atoms with Crippen molar-refractivity contribution in [3.05, 3.63) is 0 Å². The maximum Gasteiger partial charge on any atom is 0.409 e. The zero-order valence-electron chi connectivity index (χ0n) is 19.0. The highest BCUT2D eigenvalue weighted by Crippen LogP contribution is 2.26. The molecule has 0 aromatic carbocycles. The fraction of sp³-hybridized carbons (Fsp3) is 0.913. The summed E-state index contributed by atoms with van der Waals surface area (Å²) >= 11 is 0. The maximum atomic E-state index is 12.0. The molecule has 0 N–H and O–H groups in total. The summed E-state index contributed by atoms with van der Waals surface area (Å²) in [5.41, 5.74) is 1.46. The van der Waals surface area contributed by atoms with Crippen molar-refractivity contribution in [2.45, 2.75) is 77.7 Å². The molecular formula is C23H43N3O3. The second-order valence-electron chi connectivity index (χ2n) is 8.40. The number of nitrogens with zero attached hydrogens (tertiary/aromatic N) is 3. The summed E-state index contributed by atoms with van der Waals surface area (Å²) in [6.07, 6.45) is 10.2. The smallest absolute Gasteiger partial charge is 0.409 e. The first-order chi connectivity index (χ1) is 14.2. The minimum atomic E-state index is -0.141. The molecule has 0 aromatic rings. The molecule has 0 spiro atoms. The molecule has 0 aromatic heterocycles. The van der Waals surface area contributed by atoms with Crippen LogP contribution in [0.5, 0.6) is 0 Å². The van der Waals surface area contributed by atoms with Crippen LogP contribution in [-0.4, -0.2) is 80.7 Å². The molecule has 6 heteroatoms. The van der Waals surface area contributed by atoms with Crippen LogP contribution in [0.1, 0.15) is 71.6 Å². The van der Waals surface area contributed by atoms with Crippen molar-refractivity contribution in [1.29, 1.82) is 0 Å². The van der Waals surface area contributed by atoms with E-state index < -0.39 is 0 Å². The van der Waals surface area contributed by atoms with Crippen LogP contribution in [0.2, 0.25) is 0 Å². The Morgan fingerprint density at radius 1 is 1.03 bits per heavy atom. The first-order valence-corrected chi connectivity index (χ1v) is 11.9. The average Bonchev–Trinajstić information content (AvgIpc) is 2.99. The van der Waals surface area contributed by atoms with E-state index in [2.05, 4.69) is 11.8 Å². The van der Waals surface area contributed by atoms with Gasteiger partial charge in [-0.2, -0.15) is 0 Å². The van der Waals surface area contributed by atoms with Gasteiger partial charge in [-0.1, -0.05) is 13.3 Å². The third kappa shape index (κ3) is 8.25. The third-order valence-electron chi connectivity index (χ3n) is 6.32. The van der Waals surface area contributed by atoms with E-state index in [0.29, 0.717) is 18.6 Å². The van der Waals surface area contributed by atoms with E-state index in [-0.39, 0.29) is 6.09 Å². The standard InChI is InChI=1S/C23H43N3O3/c1-4-9-22(24-14-6-7-19-28-3)20-11-16-25(17-12-20)21-10-8-15-26(18-13-21)23(27)29-5-2/h20-21H,4-19H2,1-3H3/b24-22+/t21-/m0/s1. The summed E-state index contributed by atoms with van der Waals surface area (Å²) in [6, 6.07) is 0.607. The van der Waals surface area contributed by atoms with E-state index in [0.717, 1.165) is 58.3 Å². The van der Waals surface area contributed by atoms with E-state index in [4.69, 9.17) is 14.5 Å². The molecule has 2 rings (SSSR count). The number of rotatable bonds is 10. The lowest BCUT2D eigenvalue weighted by Gasteiger charge is -2.37. The molecule has 2 saturated heterocycles. The number of unbranched alkanes of at least 4 members (excludes halogenated alkanes) is 1. The molecule has 29 heavy (non-hydrogen) atoms. The summed E-state index contributed by atoms with van der Waals surface area (Å²) < 4.78 is 10.3. The minimum Gasteiger partial charge on any atom is -0.450 e. The predicted molar refractivity (Wildman–Crippen MR) is 119 cm³/mol. The van der Waals surface area contributed by atoms with Gasteiger partial charge in [0.15, 0.2) is 0 Å². The third-order valence-corrected chi connectivity index (χ3v) is 6.32. The Hall–Kier alpha value is -1.14. The number of hydrogen-bond donors (Lipinski definition) is 0. The number of aliphatic imine (C=N–C) groups is 1. The maximum absolute atomic E-state index is 12.0. The van der Waals surface area contributed by atoms with Gasteiger partial charge in [-0.25, -0.2) is 4.79 Å². The molecule has 0 bridgehead atoms. The second-order valence-corrected chi connectivity index (χ2v) is 8.40. The number of ether oxygens (including phenoxy) is 2. The van der Waals surface area contributed by atoms with Crippen LogP contribution in [0.25, 0.3) is 0 Å². The molecule has 2 aliphatic heterocycles. The van der Waals surface area contributed by atoms with Crippen molar-refractivity contribution in [2.24, 2.45) is 10.9 Å². The molecule has 1 amide bonds. The van der Waals surface area contributed by atoms with Gasteiger partial charge < -0.3 is 19.3 Å². The van der Waals surface area contributed by atoms with Gasteiger partial charge in [-0.3, -0.25) is 4.99 Å². The Morgan fingerprint density at radius 3 is 2.52 bits per heavy atom. The normalized spacial score (nSPS) is 22.5. The zero-order valence-corrected chi connectivity index (χ0v) is 19.0. The molecule has 2 heterocycles. The average molecular weight is 410 g/mol. The molecule has 0 unspecified atom stereocenters. The lowest BCUT2D eigenvalue weighted by molar-refractivity contribution is 0.105. The molecule has 0 saturated carbocycles. The van der Waals surface area contributed by atoms with Crippen molar-refractivity contribution >= 4 is 11.8 Å². The lowest BCUT2D eigenvalue weighted by atomic mass is 9.88. The highest BCUT2D eigenvalue weighted by molar-refractivity contribution is 5.86. The van der Waals surface area contributed by atoms with Crippen molar-refractivity contribution in [3.63, 3.8) is 0 Å². The van der Waals surface area contributed by atoms with E-state index in [1.807, 2.05) is 11.8 Å². The monoisotopic (exact) mass is 409 g/mol. The van der Waals surface area contributed by atoms with Gasteiger partial charge in [0.05, 0.1) is 6.61 Å². The number of hydrogen-bond acceptors (Lipinski definition) is 5. The van der Waals surface area contributed by atoms with Crippen molar-refractivity contribution in [2.75, 3.05) is 53.0 Å². The summed E-state index contributed by atoms with van der Waals surface area (Å²) in [7, 11) is 1.77. The molecule has 0 aliphatic carbocycles. The van der Waals surface area contributed by atoms with Crippen LogP contribution in [0.3, 0.4) is 0 Å². The SMILES string of the molecule is CCC/C(=N\CCCCOC)C1CCN([C@H]2CCCN(C(=O)OCC)CC2)CC1. The number of likely N-dealkylation sites (tertiary alicyclic amines) is 2. The van der Waals surface area contributed by atoms with Crippen LogP contribution in [-0.2, 0) is 9.47 Å². The summed E-state index contributed by atoms with van der Waals surface area (Å²) in [6.45, 7) is 10.4. The number of carbonyl (C=O) groups is 1. The van der Waals surface area contributed by atoms with Crippen LogP contribution < -0.4 is 0 Å². The summed E-state index contributed by atoms with van der Waals surface area (Å²) in [4.78, 5) is 21.6. The van der Waals surface area contributed by atoms with Gasteiger partial charge >= 0.3 is 6.09 Å². The number of carbonyl (C=O) groups excluding carboxylic acids is 1. The molecule has 168 valence electrons. The zero-order chi connectivity index (χ0) is 20.9. The number of piperidine rings is 1. The van der Waals surface area contributed by atoms with Gasteiger partial charge in [0, 0.05) is 45.1 Å². The molecule has 2 fully saturated rings. The predicted octanol–water partition coefficient (Wildman–Crippen LogP) is 4.38. The van der Waals surface area contributed by atoms with Gasteiger partial charge in [-0.05, 0) is 77.3 Å². The Kier molecular flexibility index (Phi) is 11.6. The Bertz CT molecular complexity index is 490. The van der Waals surface area contributed by atoms with E-state index in [1.54, 1.807) is 7.11 Å². The fourth-order valence-electron chi connectivity index (χ4n) is 4.69. The first kappa shape index (κ1) is 24.1. The van der Waals surface area contributed by atoms with Crippen LogP contribution in [0.4, 0.5) is 4.79 Å². The summed E-state index contributed by atoms with van der Waals surface area (Å²) in [5, 5.41) is 0. The highest BCUT2D eigenvalue weighted by Gasteiger charge is 2.29. The molecule has 2 aliphatic rings. The van der Waals surface area contributed by atoms with E-state index in [9.17, 15) is 4.79 Å². The lowest BCUT2D eigenvalue weighted by Crippen LogP contribution is -2.43. The van der Waals surface area contributed by atoms with Crippen LogP contribution >= 0.6 is 0 Å². The molecule has 6 nitrogen and oxygen atoms in total. The Labute approximate surface area is 178 Å². The first-order valence-electron chi connectivity index (χ1n) is 11.9. The van der Waals surface area contributed by atoms with Gasteiger partial charge in [0.1, 0.15) is 0 Å². The van der Waals surface area contributed by atoms with Gasteiger partial charge in [0.2, 0.25) is 0 Å². The minimum absolute atomic E-state index is 0.141. The van der Waals surface area contributed by atoms with Crippen molar-refractivity contribution < 1.29 is 14.3 Å². The Morgan fingerprint density at radius 2 is 1.83 bits per heavy atom. The van der Waals surface area contributed by atoms with Gasteiger partial charge in [-0.15, -0.1) is 0 Å². The molecule has 1 atom stereocenters.